The molecule has 2 aliphatic rings. The summed E-state index contributed by atoms with van der Waals surface area (Å²) in [6.45, 7) is 2.64. The molecular weight excluding hydrogens is 368 g/mol. The topological polar surface area (TPSA) is 101 Å². The molecule has 0 aliphatic carbocycles. The molecule has 2 aromatic rings. The van der Waals surface area contributed by atoms with E-state index in [9.17, 15) is 13.2 Å². The molecule has 0 unspecified atom stereocenters. The molecule has 0 radical (unpaired) electrons. The number of urea groups is 1. The van der Waals surface area contributed by atoms with E-state index in [2.05, 4.69) is 15.6 Å². The van der Waals surface area contributed by atoms with Crippen LogP contribution in [0.1, 0.15) is 5.56 Å². The van der Waals surface area contributed by atoms with Gasteiger partial charge in [-0.25, -0.2) is 13.2 Å². The highest BCUT2D eigenvalue weighted by molar-refractivity contribution is 7.89. The molecule has 0 saturated carbocycles. The average molecular weight is 388 g/mol. The Balaban J connectivity index is 1.32. The van der Waals surface area contributed by atoms with Crippen molar-refractivity contribution in [1.29, 1.82) is 0 Å². The highest BCUT2D eigenvalue weighted by Gasteiger charge is 2.53. The molecule has 0 bridgehead atoms. The van der Waals surface area contributed by atoms with Gasteiger partial charge in [0.15, 0.2) is 0 Å². The van der Waals surface area contributed by atoms with E-state index < -0.39 is 10.0 Å². The van der Waals surface area contributed by atoms with Gasteiger partial charge >= 0.3 is 6.03 Å². The number of carbonyl (C=O) groups excluding carboxylic acids is 1. The maximum Gasteiger partial charge on any atom is 0.319 e. The first-order chi connectivity index (χ1) is 13.0. The van der Waals surface area contributed by atoms with E-state index in [0.717, 1.165) is 5.56 Å². The quantitative estimate of drug-likeness (QED) is 0.807. The molecule has 1 aromatic heterocycles. The fourth-order valence-corrected chi connectivity index (χ4v) is 4.83. The summed E-state index contributed by atoms with van der Waals surface area (Å²) >= 11 is 0. The van der Waals surface area contributed by atoms with E-state index in [1.54, 1.807) is 30.6 Å². The number of rotatable bonds is 5. The molecule has 8 nitrogen and oxygen atoms in total. The molecule has 142 valence electrons. The fourth-order valence-electron chi connectivity index (χ4n) is 3.16. The molecule has 2 saturated heterocycles. The Morgan fingerprint density at radius 1 is 1.19 bits per heavy atom. The molecular formula is C18H20N4O4S. The number of amides is 2. The van der Waals surface area contributed by atoms with Crippen molar-refractivity contribution < 1.29 is 17.9 Å². The summed E-state index contributed by atoms with van der Waals surface area (Å²) in [4.78, 5) is 16.2. The second kappa shape index (κ2) is 6.91. The molecule has 3 heterocycles. The molecule has 0 atom stereocenters. The van der Waals surface area contributed by atoms with E-state index in [1.807, 2.05) is 6.07 Å². The number of benzene rings is 1. The van der Waals surface area contributed by atoms with E-state index in [-0.39, 0.29) is 16.3 Å². The van der Waals surface area contributed by atoms with Crippen LogP contribution in [-0.4, -0.2) is 50.0 Å². The van der Waals surface area contributed by atoms with E-state index >= 15 is 0 Å². The number of nitrogens with zero attached hydrogens (tertiary/aromatic N) is 2. The lowest BCUT2D eigenvalue weighted by molar-refractivity contribution is -0.166. The van der Waals surface area contributed by atoms with Crippen molar-refractivity contribution in [2.75, 3.05) is 31.6 Å². The van der Waals surface area contributed by atoms with Crippen molar-refractivity contribution in [3.63, 3.8) is 0 Å². The number of aromatic nitrogens is 1. The first-order valence-corrected chi connectivity index (χ1v) is 10.0. The van der Waals surface area contributed by atoms with Crippen molar-refractivity contribution in [1.82, 2.24) is 14.6 Å². The van der Waals surface area contributed by atoms with Gasteiger partial charge in [-0.2, -0.15) is 4.31 Å². The number of nitrogens with one attached hydrogen (secondary N) is 2. The van der Waals surface area contributed by atoms with Gasteiger partial charge in [0.2, 0.25) is 10.0 Å². The molecule has 9 heteroatoms. The summed E-state index contributed by atoms with van der Waals surface area (Å²) in [5, 5.41) is 5.41. The fraction of sp³-hybridized carbons (Fsp3) is 0.333. The molecule has 2 N–H and O–H groups in total. The average Bonchev–Trinajstić information content (AvgIpc) is 2.59. The standard InChI is InChI=1S/C18H20N4O4S/c23-17(20-9-14-2-1-7-19-8-14)21-15-3-5-16(6-4-15)27(24,25)22-10-18(11-22)12-26-13-18/h1-8H,9-13H2,(H2,20,21,23). The molecule has 4 rings (SSSR count). The minimum atomic E-state index is -3.50. The van der Waals surface area contributed by atoms with Crippen molar-refractivity contribution in [2.45, 2.75) is 11.4 Å². The third-order valence-electron chi connectivity index (χ3n) is 4.77. The Morgan fingerprint density at radius 2 is 1.93 bits per heavy atom. The maximum atomic E-state index is 12.6. The molecule has 2 fully saturated rings. The van der Waals surface area contributed by atoms with Crippen LogP contribution in [0.5, 0.6) is 0 Å². The molecule has 2 aliphatic heterocycles. The number of sulfonamides is 1. The molecule has 27 heavy (non-hydrogen) atoms. The minimum Gasteiger partial charge on any atom is -0.380 e. The number of anilines is 1. The van der Waals surface area contributed by atoms with Crippen molar-refractivity contribution >= 4 is 21.7 Å². The number of hydrogen-bond donors (Lipinski definition) is 2. The number of ether oxygens (including phenoxy) is 1. The summed E-state index contributed by atoms with van der Waals surface area (Å²) in [5.41, 5.74) is 1.43. The Bertz CT molecular complexity index is 920. The predicted molar refractivity (Wildman–Crippen MR) is 98.5 cm³/mol. The normalized spacial score (nSPS) is 18.4. The maximum absolute atomic E-state index is 12.6. The predicted octanol–water partition coefficient (Wildman–Crippen LogP) is 1.42. The summed E-state index contributed by atoms with van der Waals surface area (Å²) in [6.07, 6.45) is 3.34. The molecule has 1 spiro atoms. The van der Waals surface area contributed by atoms with Crippen LogP contribution in [-0.2, 0) is 21.3 Å². The summed E-state index contributed by atoms with van der Waals surface area (Å²) < 4.78 is 31.9. The van der Waals surface area contributed by atoms with Crippen molar-refractivity contribution in [2.24, 2.45) is 5.41 Å². The van der Waals surface area contributed by atoms with Gasteiger partial charge in [-0.15, -0.1) is 0 Å². The minimum absolute atomic E-state index is 0.0287. The first kappa shape index (κ1) is 17.9. The second-order valence-electron chi connectivity index (χ2n) is 6.96. The van der Waals surface area contributed by atoms with Gasteiger partial charge in [-0.1, -0.05) is 6.07 Å². The van der Waals surface area contributed by atoms with Crippen molar-refractivity contribution in [3.05, 3.63) is 54.4 Å². The van der Waals surface area contributed by atoms with Gasteiger partial charge in [-0.05, 0) is 35.9 Å². The zero-order chi connectivity index (χ0) is 18.9. The van der Waals surface area contributed by atoms with Crippen molar-refractivity contribution in [3.8, 4) is 0 Å². The van der Waals surface area contributed by atoms with Gasteiger partial charge in [0.1, 0.15) is 0 Å². The number of carbonyl (C=O) groups is 1. The SMILES string of the molecule is O=C(NCc1cccnc1)Nc1ccc(S(=O)(=O)N2CC3(COC3)C2)cc1. The van der Waals surface area contributed by atoms with Gasteiger partial charge < -0.3 is 15.4 Å². The first-order valence-electron chi connectivity index (χ1n) is 8.59. The van der Waals surface area contributed by atoms with Crippen LogP contribution >= 0.6 is 0 Å². The van der Waals surface area contributed by atoms with Crippen LogP contribution in [0.4, 0.5) is 10.5 Å². The highest BCUT2D eigenvalue weighted by atomic mass is 32.2. The lowest BCUT2D eigenvalue weighted by Gasteiger charge is -2.53. The zero-order valence-corrected chi connectivity index (χ0v) is 15.4. The Kier molecular flexibility index (Phi) is 4.58. The molecule has 2 amide bonds. The van der Waals surface area contributed by atoms with Crippen LogP contribution in [0, 0.1) is 5.41 Å². The van der Waals surface area contributed by atoms with Crippen LogP contribution in [0.25, 0.3) is 0 Å². The van der Waals surface area contributed by atoms with E-state index in [0.29, 0.717) is 38.5 Å². The van der Waals surface area contributed by atoms with Crippen LogP contribution in [0.3, 0.4) is 0 Å². The van der Waals surface area contributed by atoms with Gasteiger partial charge in [0.25, 0.3) is 0 Å². The Hall–Kier alpha value is -2.49. The van der Waals surface area contributed by atoms with E-state index in [4.69, 9.17) is 4.74 Å². The Morgan fingerprint density at radius 3 is 2.52 bits per heavy atom. The number of hydrogen-bond acceptors (Lipinski definition) is 5. The van der Waals surface area contributed by atoms with Crippen LogP contribution < -0.4 is 10.6 Å². The Labute approximate surface area is 157 Å². The lowest BCUT2D eigenvalue weighted by atomic mass is 9.80. The van der Waals surface area contributed by atoms with Gasteiger partial charge in [0, 0.05) is 43.1 Å². The third-order valence-corrected chi connectivity index (χ3v) is 6.57. The zero-order valence-electron chi connectivity index (χ0n) is 14.6. The van der Waals surface area contributed by atoms with Gasteiger partial charge in [-0.3, -0.25) is 4.98 Å². The van der Waals surface area contributed by atoms with E-state index in [1.165, 1.54) is 16.4 Å². The summed E-state index contributed by atoms with van der Waals surface area (Å²) in [5.74, 6) is 0. The second-order valence-corrected chi connectivity index (χ2v) is 8.90. The van der Waals surface area contributed by atoms with Crippen LogP contribution in [0.2, 0.25) is 0 Å². The number of pyridine rings is 1. The summed E-state index contributed by atoms with van der Waals surface area (Å²) in [6, 6.07) is 9.47. The van der Waals surface area contributed by atoms with Gasteiger partial charge in [0.05, 0.1) is 18.1 Å². The smallest absolute Gasteiger partial charge is 0.319 e. The largest absolute Gasteiger partial charge is 0.380 e. The monoisotopic (exact) mass is 388 g/mol. The third kappa shape index (κ3) is 3.66. The highest BCUT2D eigenvalue weighted by Crippen LogP contribution is 2.40. The molecule has 1 aromatic carbocycles. The summed E-state index contributed by atoms with van der Waals surface area (Å²) in [7, 11) is -3.50. The van der Waals surface area contributed by atoms with Crippen LogP contribution in [0.15, 0.2) is 53.7 Å². The lowest BCUT2D eigenvalue weighted by Crippen LogP contribution is -2.66.